The fourth-order valence-electron chi connectivity index (χ4n) is 6.36. The van der Waals surface area contributed by atoms with Gasteiger partial charge in [-0.1, -0.05) is 0 Å². The van der Waals surface area contributed by atoms with Crippen molar-refractivity contribution < 1.29 is 29.0 Å². The van der Waals surface area contributed by atoms with Crippen LogP contribution in [0.3, 0.4) is 0 Å². The van der Waals surface area contributed by atoms with E-state index >= 15 is 0 Å². The Morgan fingerprint density at radius 3 is 1.41 bits per heavy atom. The second-order valence-corrected chi connectivity index (χ2v) is 15.9. The van der Waals surface area contributed by atoms with Crippen LogP contribution in [0.25, 0.3) is 0 Å². The molecule has 22 nitrogen and oxygen atoms in total. The number of aryl methyl sites for hydroxylation is 5. The summed E-state index contributed by atoms with van der Waals surface area (Å²) in [5, 5.41) is 24.2. The first-order valence-electron chi connectivity index (χ1n) is 19.7. The Bertz CT molecular complexity index is 2340. The van der Waals surface area contributed by atoms with Gasteiger partial charge in [-0.2, -0.15) is 0 Å². The van der Waals surface area contributed by atoms with E-state index in [1.165, 1.54) is 4.57 Å². The van der Waals surface area contributed by atoms with E-state index in [4.69, 9.17) is 21.9 Å². The highest BCUT2D eigenvalue weighted by molar-refractivity contribution is 5.94. The third-order valence-corrected chi connectivity index (χ3v) is 9.61. The van der Waals surface area contributed by atoms with Crippen LogP contribution >= 0.6 is 0 Å². The zero-order valence-corrected chi connectivity index (χ0v) is 35.8. The quantitative estimate of drug-likeness (QED) is 0.0577. The number of hydrogen-bond donors (Lipinski definition) is 9. The third-order valence-electron chi connectivity index (χ3n) is 9.61. The van der Waals surface area contributed by atoms with Crippen molar-refractivity contribution in [3.8, 4) is 0 Å². The summed E-state index contributed by atoms with van der Waals surface area (Å²) in [7, 11) is 8.76. The highest BCUT2D eigenvalue weighted by atomic mass is 16.6. The number of anilines is 4. The number of carboxylic acids is 1. The summed E-state index contributed by atoms with van der Waals surface area (Å²) in [5.41, 5.74) is 22.3. The van der Waals surface area contributed by atoms with Crippen molar-refractivity contribution in [2.45, 2.75) is 63.8 Å². The third kappa shape index (κ3) is 12.0. The smallest absolute Gasteiger partial charge is 0.407 e. The highest BCUT2D eigenvalue weighted by Gasteiger charge is 2.21. The van der Waals surface area contributed by atoms with Crippen LogP contribution < -0.4 is 43.8 Å². The highest BCUT2D eigenvalue weighted by Crippen LogP contribution is 2.24. The number of hydrogen-bond acceptors (Lipinski definition) is 13. The summed E-state index contributed by atoms with van der Waals surface area (Å²) < 4.78 is 13.6. The number of alkyl carbamates (subject to hydrolysis) is 1. The molecule has 0 saturated carbocycles. The molecule has 0 bridgehead atoms. The zero-order chi connectivity index (χ0) is 44.8. The van der Waals surface area contributed by atoms with Gasteiger partial charge >= 0.3 is 12.1 Å². The van der Waals surface area contributed by atoms with E-state index in [0.29, 0.717) is 84.1 Å². The zero-order valence-electron chi connectivity index (χ0n) is 35.8. The van der Waals surface area contributed by atoms with E-state index < -0.39 is 35.8 Å². The van der Waals surface area contributed by atoms with Crippen molar-refractivity contribution in [1.29, 1.82) is 0 Å². The Labute approximate surface area is 353 Å². The first-order chi connectivity index (χ1) is 28.7. The van der Waals surface area contributed by atoms with Gasteiger partial charge < -0.3 is 76.5 Å². The largest absolute Gasteiger partial charge is 0.475 e. The summed E-state index contributed by atoms with van der Waals surface area (Å²) in [6.07, 6.45) is 9.46. The predicted octanol–water partition coefficient (Wildman–Crippen LogP) is 2.30. The molecule has 0 saturated heterocycles. The van der Waals surface area contributed by atoms with Crippen LogP contribution in [-0.4, -0.2) is 92.0 Å². The van der Waals surface area contributed by atoms with Crippen molar-refractivity contribution in [2.75, 3.05) is 30.3 Å². The molecule has 0 aliphatic carbocycles. The van der Waals surface area contributed by atoms with Crippen molar-refractivity contribution in [3.05, 3.63) is 77.4 Å². The molecule has 0 radical (unpaired) electrons. The number of carbonyl (C=O) groups is 4. The van der Waals surface area contributed by atoms with E-state index in [9.17, 15) is 24.3 Å². The lowest BCUT2D eigenvalue weighted by Crippen LogP contribution is -2.34. The van der Waals surface area contributed by atoms with Crippen molar-refractivity contribution in [2.24, 2.45) is 52.4 Å². The molecule has 12 N–H and O–H groups in total. The molecule has 5 heterocycles. The van der Waals surface area contributed by atoms with E-state index in [1.54, 1.807) is 90.9 Å². The molecular weight excluding hydrogens is 789 g/mol. The normalized spacial score (nSPS) is 13.0. The standard InChI is InChI=1S/C39H58N16O6/c1-39(2,3)61-38(60)45-14-11-26(42)29-21-55(8)37(50-29)47-23-16-31(52(5)18-23)34(57)44-13-10-25(41)28-20-54(7)36(49-28)46-22-15-30(51(4)17-22)33(56)43-12-9-24(40)27-19-53(6)32(48-27)35(58)59/h15-21,24-26H,9-14,40-42H2,1-8H3,(H,43,56)(H,44,57)(H,45,60)(H,46,49)(H,47,50)(H,58,59). The fraction of sp³-hybridized carbons (Fsp3) is 0.462. The second kappa shape index (κ2) is 19.2. The van der Waals surface area contributed by atoms with Crippen LogP contribution in [-0.2, 0) is 40.0 Å². The lowest BCUT2D eigenvalue weighted by atomic mass is 10.1. The minimum Gasteiger partial charge on any atom is -0.475 e. The molecule has 5 aromatic rings. The molecule has 3 unspecified atom stereocenters. The molecule has 330 valence electrons. The molecule has 0 fully saturated rings. The number of rotatable bonds is 19. The summed E-state index contributed by atoms with van der Waals surface area (Å²) in [5.74, 6) is -0.800. The molecule has 22 heteroatoms. The molecule has 3 atom stereocenters. The summed E-state index contributed by atoms with van der Waals surface area (Å²) in [4.78, 5) is 62.8. The maximum Gasteiger partial charge on any atom is 0.407 e. The molecular formula is C39H58N16O6. The maximum atomic E-state index is 13.2. The fourth-order valence-corrected chi connectivity index (χ4v) is 6.36. The predicted molar refractivity (Wildman–Crippen MR) is 228 cm³/mol. The average molecular weight is 847 g/mol. The number of aromatic carboxylic acids is 1. The van der Waals surface area contributed by atoms with Gasteiger partial charge in [-0.3, -0.25) is 9.59 Å². The minimum absolute atomic E-state index is 0.109. The van der Waals surface area contributed by atoms with Crippen LogP contribution in [0.2, 0.25) is 0 Å². The number of amides is 3. The number of imidazole rings is 3. The molecule has 61 heavy (non-hydrogen) atoms. The van der Waals surface area contributed by atoms with Gasteiger partial charge in [0.05, 0.1) is 46.6 Å². The van der Waals surface area contributed by atoms with Crippen LogP contribution in [0, 0.1) is 0 Å². The van der Waals surface area contributed by atoms with Gasteiger partial charge in [-0.25, -0.2) is 24.5 Å². The van der Waals surface area contributed by atoms with E-state index in [-0.39, 0.29) is 24.2 Å². The number of nitrogens with zero attached hydrogens (tertiary/aromatic N) is 8. The maximum absolute atomic E-state index is 13.2. The molecule has 3 amide bonds. The summed E-state index contributed by atoms with van der Waals surface area (Å²) in [6.45, 7) is 6.26. The Balaban J connectivity index is 1.07. The van der Waals surface area contributed by atoms with Gasteiger partial charge in [-0.15, -0.1) is 0 Å². The van der Waals surface area contributed by atoms with Crippen LogP contribution in [0.15, 0.2) is 43.1 Å². The molecule has 5 aromatic heterocycles. The monoisotopic (exact) mass is 846 g/mol. The number of nitrogens with one attached hydrogen (secondary N) is 5. The van der Waals surface area contributed by atoms with Gasteiger partial charge in [0.25, 0.3) is 11.8 Å². The number of nitrogens with two attached hydrogens (primary N) is 3. The van der Waals surface area contributed by atoms with Crippen LogP contribution in [0.5, 0.6) is 0 Å². The minimum atomic E-state index is -1.15. The molecule has 0 aliphatic rings. The Hall–Kier alpha value is -6.65. The van der Waals surface area contributed by atoms with E-state index in [0.717, 1.165) is 0 Å². The topological polar surface area (TPSA) is 299 Å². The first-order valence-corrected chi connectivity index (χ1v) is 19.7. The molecule has 5 rings (SSSR count). The number of ether oxygens (including phenoxy) is 1. The SMILES string of the molecule is Cn1cc(Nc2nc(C(N)CCNC(=O)OC(C)(C)C)cn2C)cc1C(=O)NCCC(N)c1cn(C)c(Nc2cc(C(=O)NCCC(N)c3cn(C)c(C(=O)O)n3)n(C)c2)n1. The van der Waals surface area contributed by atoms with Gasteiger partial charge in [0, 0.05) is 85.9 Å². The summed E-state index contributed by atoms with van der Waals surface area (Å²) >= 11 is 0. The number of aromatic nitrogens is 8. The van der Waals surface area contributed by atoms with Crippen molar-refractivity contribution >= 4 is 47.1 Å². The van der Waals surface area contributed by atoms with Gasteiger partial charge in [0.15, 0.2) is 0 Å². The second-order valence-electron chi connectivity index (χ2n) is 15.9. The number of carbonyl (C=O) groups excluding carboxylic acids is 3. The summed E-state index contributed by atoms with van der Waals surface area (Å²) in [6, 6.07) is 1.97. The lowest BCUT2D eigenvalue weighted by molar-refractivity contribution is 0.0525. The van der Waals surface area contributed by atoms with Crippen LogP contribution in [0.1, 0.15) is 107 Å². The van der Waals surface area contributed by atoms with Crippen molar-refractivity contribution in [3.63, 3.8) is 0 Å². The Morgan fingerprint density at radius 2 is 1.02 bits per heavy atom. The van der Waals surface area contributed by atoms with Crippen LogP contribution in [0.4, 0.5) is 28.1 Å². The molecule has 0 aliphatic heterocycles. The Morgan fingerprint density at radius 1 is 0.623 bits per heavy atom. The molecule has 0 spiro atoms. The lowest BCUT2D eigenvalue weighted by Gasteiger charge is -2.20. The van der Waals surface area contributed by atoms with E-state index in [1.807, 2.05) is 26.5 Å². The average Bonchev–Trinajstić information content (AvgIpc) is 4.00. The Kier molecular flexibility index (Phi) is 14.3. The molecule has 0 aromatic carbocycles. The van der Waals surface area contributed by atoms with Gasteiger partial charge in [-0.05, 0) is 52.2 Å². The van der Waals surface area contributed by atoms with Gasteiger partial charge in [0.1, 0.15) is 17.0 Å². The number of carboxylic acid groups (broad SMARTS) is 1. The van der Waals surface area contributed by atoms with Gasteiger partial charge in [0.2, 0.25) is 17.7 Å². The first kappa shape index (κ1) is 45.4. The van der Waals surface area contributed by atoms with Crippen molar-refractivity contribution in [1.82, 2.24) is 53.7 Å². The van der Waals surface area contributed by atoms with E-state index in [2.05, 4.69) is 41.5 Å².